The molecule has 5 rings (SSSR count). The lowest BCUT2D eigenvalue weighted by Gasteiger charge is -2.25. The van der Waals surface area contributed by atoms with Crippen LogP contribution in [0.1, 0.15) is 61.2 Å². The lowest BCUT2D eigenvalue weighted by atomic mass is 9.87. The third kappa shape index (κ3) is 4.66. The number of hydrogen-bond donors (Lipinski definition) is 1. The van der Waals surface area contributed by atoms with Crippen LogP contribution in [0, 0.1) is 12.7 Å². The first kappa shape index (κ1) is 24.6. The number of fused-ring (bicyclic) bond motifs is 1. The average molecular weight is 507 g/mol. The van der Waals surface area contributed by atoms with Crippen molar-refractivity contribution in [1.82, 2.24) is 15.1 Å². The van der Waals surface area contributed by atoms with Crippen LogP contribution in [0.3, 0.4) is 0 Å². The van der Waals surface area contributed by atoms with E-state index in [1.807, 2.05) is 37.3 Å². The highest BCUT2D eigenvalue weighted by molar-refractivity contribution is 8.00. The quantitative estimate of drug-likeness (QED) is 0.525. The fraction of sp³-hybridized carbons (Fsp3) is 0.393. The van der Waals surface area contributed by atoms with Gasteiger partial charge in [0.2, 0.25) is 11.8 Å². The summed E-state index contributed by atoms with van der Waals surface area (Å²) in [5.41, 5.74) is 3.49. The lowest BCUT2D eigenvalue weighted by molar-refractivity contribution is -0.123. The minimum atomic E-state index is -0.450. The number of nitrogens with zero attached hydrogens (tertiary/aromatic N) is 3. The Kier molecular flexibility index (Phi) is 6.41. The molecule has 1 N–H and O–H groups in total. The molecule has 3 aromatic rings. The number of para-hydroxylation sites is 1. The topological polar surface area (TPSA) is 67.2 Å². The molecule has 0 radical (unpaired) electrons. The minimum Gasteiger partial charge on any atom is -0.352 e. The van der Waals surface area contributed by atoms with Crippen molar-refractivity contribution < 1.29 is 14.0 Å². The van der Waals surface area contributed by atoms with Crippen LogP contribution in [-0.4, -0.2) is 39.9 Å². The van der Waals surface area contributed by atoms with Crippen molar-refractivity contribution in [2.45, 2.75) is 57.2 Å². The van der Waals surface area contributed by atoms with E-state index in [0.29, 0.717) is 11.4 Å². The first-order valence-electron chi connectivity index (χ1n) is 12.3. The van der Waals surface area contributed by atoms with Crippen LogP contribution in [0.2, 0.25) is 0 Å². The zero-order chi connectivity index (χ0) is 25.6. The van der Waals surface area contributed by atoms with Crippen molar-refractivity contribution in [1.29, 1.82) is 0 Å². The van der Waals surface area contributed by atoms with E-state index < -0.39 is 10.7 Å². The maximum atomic E-state index is 15.2. The minimum absolute atomic E-state index is 0.103. The van der Waals surface area contributed by atoms with Crippen molar-refractivity contribution in [3.63, 3.8) is 0 Å². The molecule has 2 heterocycles. The number of anilines is 1. The largest absolute Gasteiger partial charge is 0.352 e. The Hall–Kier alpha value is -3.13. The van der Waals surface area contributed by atoms with E-state index in [2.05, 4.69) is 26.1 Å². The number of rotatable bonds is 5. The van der Waals surface area contributed by atoms with Gasteiger partial charge in [0.25, 0.3) is 0 Å². The summed E-state index contributed by atoms with van der Waals surface area (Å²) in [5.74, 6) is -0.0377. The molecule has 1 atom stereocenters. The van der Waals surface area contributed by atoms with Gasteiger partial charge in [-0.3, -0.25) is 14.5 Å². The van der Waals surface area contributed by atoms with Crippen LogP contribution in [0.25, 0.3) is 5.69 Å². The SMILES string of the molecule is Cc1ccccc1-n1nc(C(C)(C)C)c2c1N(CC(=O)NC1CC1)C(=O)CSC2c1ccccc1F. The monoisotopic (exact) mass is 506 g/mol. The van der Waals surface area contributed by atoms with Gasteiger partial charge in [0.15, 0.2) is 0 Å². The van der Waals surface area contributed by atoms with Gasteiger partial charge in [-0.15, -0.1) is 11.8 Å². The highest BCUT2D eigenvalue weighted by Crippen LogP contribution is 2.49. The second-order valence-electron chi connectivity index (χ2n) is 10.6. The second kappa shape index (κ2) is 9.39. The van der Waals surface area contributed by atoms with Gasteiger partial charge >= 0.3 is 0 Å². The number of thioether (sulfide) groups is 1. The number of carbonyl (C=O) groups excluding carboxylic acids is 2. The molecular formula is C28H31FN4O2S. The summed E-state index contributed by atoms with van der Waals surface area (Å²) in [6, 6.07) is 14.7. The normalized spacial score (nSPS) is 18.1. The van der Waals surface area contributed by atoms with Crippen LogP contribution < -0.4 is 10.2 Å². The third-order valence-electron chi connectivity index (χ3n) is 6.57. The highest BCUT2D eigenvalue weighted by Gasteiger charge is 2.41. The molecule has 0 saturated heterocycles. The molecule has 1 unspecified atom stereocenters. The molecule has 36 heavy (non-hydrogen) atoms. The first-order valence-corrected chi connectivity index (χ1v) is 13.3. The molecule has 2 amide bonds. The fourth-order valence-corrected chi connectivity index (χ4v) is 5.84. The predicted molar refractivity (Wildman–Crippen MR) is 141 cm³/mol. The Morgan fingerprint density at radius 3 is 2.50 bits per heavy atom. The van der Waals surface area contributed by atoms with Gasteiger partial charge < -0.3 is 5.32 Å². The second-order valence-corrected chi connectivity index (χ2v) is 11.7. The van der Waals surface area contributed by atoms with Crippen LogP contribution >= 0.6 is 11.8 Å². The first-order chi connectivity index (χ1) is 17.1. The molecule has 188 valence electrons. The van der Waals surface area contributed by atoms with Gasteiger partial charge in [-0.25, -0.2) is 9.07 Å². The van der Waals surface area contributed by atoms with E-state index in [1.54, 1.807) is 21.7 Å². The lowest BCUT2D eigenvalue weighted by Crippen LogP contribution is -2.43. The molecule has 6 nitrogen and oxygen atoms in total. The molecule has 1 fully saturated rings. The summed E-state index contributed by atoms with van der Waals surface area (Å²) in [6.45, 7) is 8.09. The van der Waals surface area contributed by atoms with E-state index in [9.17, 15) is 9.59 Å². The molecule has 0 spiro atoms. The molecule has 2 aromatic carbocycles. The Labute approximate surface area is 215 Å². The molecule has 8 heteroatoms. The summed E-state index contributed by atoms with van der Waals surface area (Å²) in [7, 11) is 0. The van der Waals surface area contributed by atoms with Crippen molar-refractivity contribution in [2.75, 3.05) is 17.2 Å². The van der Waals surface area contributed by atoms with E-state index in [1.165, 1.54) is 17.8 Å². The fourth-order valence-electron chi connectivity index (χ4n) is 4.62. The number of carbonyl (C=O) groups is 2. The third-order valence-corrected chi connectivity index (χ3v) is 7.81. The Morgan fingerprint density at radius 2 is 1.83 bits per heavy atom. The maximum absolute atomic E-state index is 15.2. The Morgan fingerprint density at radius 1 is 1.14 bits per heavy atom. The van der Waals surface area contributed by atoms with Gasteiger partial charge in [0.1, 0.15) is 18.2 Å². The zero-order valence-electron chi connectivity index (χ0n) is 21.0. The summed E-state index contributed by atoms with van der Waals surface area (Å²) in [4.78, 5) is 28.1. The van der Waals surface area contributed by atoms with Gasteiger partial charge in [-0.1, -0.05) is 57.2 Å². The van der Waals surface area contributed by atoms with E-state index in [4.69, 9.17) is 5.10 Å². The number of amides is 2. The molecule has 1 saturated carbocycles. The summed E-state index contributed by atoms with van der Waals surface area (Å²) < 4.78 is 17.0. The van der Waals surface area contributed by atoms with E-state index in [0.717, 1.165) is 35.3 Å². The standard InChI is InChI=1S/C28H31FN4O2S/c1-17-9-5-8-12-21(17)33-27-24(26(31-33)28(2,3)4)25(19-10-6-7-11-20(19)29)36-16-23(35)32(27)15-22(34)30-18-13-14-18/h5-12,18,25H,13-16H2,1-4H3,(H,30,34). The smallest absolute Gasteiger partial charge is 0.240 e. The van der Waals surface area contributed by atoms with Gasteiger partial charge in [0, 0.05) is 22.6 Å². The van der Waals surface area contributed by atoms with Gasteiger partial charge in [0.05, 0.1) is 22.4 Å². The number of halogens is 1. The number of aromatic nitrogens is 2. The van der Waals surface area contributed by atoms with Gasteiger partial charge in [-0.05, 0) is 37.5 Å². The molecule has 0 bridgehead atoms. The molecule has 1 aliphatic carbocycles. The highest BCUT2D eigenvalue weighted by atomic mass is 32.2. The maximum Gasteiger partial charge on any atom is 0.240 e. The Balaban J connectivity index is 1.77. The van der Waals surface area contributed by atoms with Crippen LogP contribution in [0.5, 0.6) is 0 Å². The number of benzene rings is 2. The molecule has 2 aliphatic rings. The Bertz CT molecular complexity index is 1330. The van der Waals surface area contributed by atoms with Crippen molar-refractivity contribution in [2.24, 2.45) is 0 Å². The van der Waals surface area contributed by atoms with Crippen LogP contribution in [0.15, 0.2) is 48.5 Å². The van der Waals surface area contributed by atoms with Crippen molar-refractivity contribution in [3.05, 3.63) is 76.7 Å². The predicted octanol–water partition coefficient (Wildman–Crippen LogP) is 5.07. The zero-order valence-corrected chi connectivity index (χ0v) is 21.9. The van der Waals surface area contributed by atoms with Crippen LogP contribution in [0.4, 0.5) is 10.2 Å². The molecule has 1 aromatic heterocycles. The van der Waals surface area contributed by atoms with Crippen molar-refractivity contribution >= 4 is 29.4 Å². The molecule has 1 aliphatic heterocycles. The molecular weight excluding hydrogens is 475 g/mol. The summed E-state index contributed by atoms with van der Waals surface area (Å²) >= 11 is 1.39. The van der Waals surface area contributed by atoms with Gasteiger partial charge in [-0.2, -0.15) is 5.10 Å². The summed E-state index contributed by atoms with van der Waals surface area (Å²) in [6.07, 6.45) is 1.93. The average Bonchev–Trinajstić information content (AvgIpc) is 3.56. The number of hydrogen-bond acceptors (Lipinski definition) is 4. The van der Waals surface area contributed by atoms with E-state index >= 15 is 4.39 Å². The number of aryl methyl sites for hydroxylation is 1. The van der Waals surface area contributed by atoms with E-state index in [-0.39, 0.29) is 36.0 Å². The summed E-state index contributed by atoms with van der Waals surface area (Å²) in [5, 5.41) is 7.61. The van der Waals surface area contributed by atoms with Crippen LogP contribution in [-0.2, 0) is 15.0 Å². The number of nitrogens with one attached hydrogen (secondary N) is 1. The van der Waals surface area contributed by atoms with Crippen molar-refractivity contribution in [3.8, 4) is 5.69 Å².